The zero-order chi connectivity index (χ0) is 6.24. The molecule has 0 spiro atoms. The highest BCUT2D eigenvalue weighted by Gasteiger charge is 1.80. The average molecular weight is 119 g/mol. The van der Waals surface area contributed by atoms with Gasteiger partial charge in [0.05, 0.1) is 13.2 Å². The van der Waals surface area contributed by atoms with Crippen molar-refractivity contribution in [2.24, 2.45) is 0 Å². The van der Waals surface area contributed by atoms with Crippen LogP contribution in [0.5, 0.6) is 0 Å². The fourth-order valence-electron chi connectivity index (χ4n) is 0.218. The van der Waals surface area contributed by atoms with E-state index >= 15 is 0 Å². The van der Waals surface area contributed by atoms with Gasteiger partial charge in [-0.3, -0.25) is 9.63 Å². The van der Waals surface area contributed by atoms with Crippen LogP contribution < -0.4 is 5.48 Å². The zero-order valence-corrected chi connectivity index (χ0v) is 4.72. The van der Waals surface area contributed by atoms with Gasteiger partial charge in [0.15, 0.2) is 0 Å². The van der Waals surface area contributed by atoms with Crippen LogP contribution in [0, 0.1) is 0 Å². The molecule has 1 amide bonds. The standard InChI is InChI=1S/C4H9NO3/c1-7-2-3-8-5-4-6/h4H,2-3H2,1H3,(H,5,6). The number of rotatable bonds is 5. The number of ether oxygens (including phenoxy) is 1. The lowest BCUT2D eigenvalue weighted by Gasteiger charge is -1.96. The number of hydrogen-bond donors (Lipinski definition) is 1. The van der Waals surface area contributed by atoms with E-state index in [9.17, 15) is 4.79 Å². The van der Waals surface area contributed by atoms with E-state index in [1.54, 1.807) is 7.11 Å². The monoisotopic (exact) mass is 119 g/mol. The van der Waals surface area contributed by atoms with Crippen LogP contribution in [0.2, 0.25) is 0 Å². The van der Waals surface area contributed by atoms with E-state index < -0.39 is 0 Å². The Balaban J connectivity index is 2.62. The molecule has 0 aromatic rings. The summed E-state index contributed by atoms with van der Waals surface area (Å²) in [5.74, 6) is 0. The van der Waals surface area contributed by atoms with Crippen LogP contribution in [0.3, 0.4) is 0 Å². The van der Waals surface area contributed by atoms with Crippen molar-refractivity contribution in [1.29, 1.82) is 0 Å². The van der Waals surface area contributed by atoms with Gasteiger partial charge in [0, 0.05) is 7.11 Å². The molecule has 0 rings (SSSR count). The van der Waals surface area contributed by atoms with Crippen molar-refractivity contribution >= 4 is 6.41 Å². The Morgan fingerprint density at radius 1 is 1.62 bits per heavy atom. The van der Waals surface area contributed by atoms with Gasteiger partial charge < -0.3 is 4.74 Å². The SMILES string of the molecule is COCCONC=O. The summed E-state index contributed by atoms with van der Waals surface area (Å²) in [5, 5.41) is 0. The largest absolute Gasteiger partial charge is 0.382 e. The quantitative estimate of drug-likeness (QED) is 0.296. The van der Waals surface area contributed by atoms with Crippen LogP contribution >= 0.6 is 0 Å². The minimum atomic E-state index is 0.384. The van der Waals surface area contributed by atoms with Crippen molar-refractivity contribution in [3.05, 3.63) is 0 Å². The maximum absolute atomic E-state index is 9.49. The van der Waals surface area contributed by atoms with Gasteiger partial charge in [0.1, 0.15) is 0 Å². The second-order valence-corrected chi connectivity index (χ2v) is 1.08. The third-order valence-electron chi connectivity index (χ3n) is 0.521. The summed E-state index contributed by atoms with van der Waals surface area (Å²) in [7, 11) is 1.56. The Labute approximate surface area is 47.7 Å². The third kappa shape index (κ3) is 5.39. The number of carbonyl (C=O) groups is 1. The maximum Gasteiger partial charge on any atom is 0.230 e. The molecular weight excluding hydrogens is 110 g/mol. The molecule has 0 atom stereocenters. The first kappa shape index (κ1) is 7.39. The van der Waals surface area contributed by atoms with Crippen molar-refractivity contribution in [2.45, 2.75) is 0 Å². The van der Waals surface area contributed by atoms with Gasteiger partial charge in [0.25, 0.3) is 0 Å². The van der Waals surface area contributed by atoms with E-state index in [4.69, 9.17) is 0 Å². The lowest BCUT2D eigenvalue weighted by molar-refractivity contribution is -0.121. The molecule has 4 heteroatoms. The third-order valence-corrected chi connectivity index (χ3v) is 0.521. The fraction of sp³-hybridized carbons (Fsp3) is 0.750. The first-order valence-corrected chi connectivity index (χ1v) is 2.21. The minimum Gasteiger partial charge on any atom is -0.382 e. The van der Waals surface area contributed by atoms with Crippen molar-refractivity contribution in [1.82, 2.24) is 5.48 Å². The predicted molar refractivity (Wildman–Crippen MR) is 27.0 cm³/mol. The number of carbonyl (C=O) groups excluding carboxylic acids is 1. The summed E-state index contributed by atoms with van der Waals surface area (Å²) in [6.45, 7) is 0.871. The van der Waals surface area contributed by atoms with Crippen molar-refractivity contribution < 1.29 is 14.4 Å². The Bertz CT molecular complexity index is 57.2. The van der Waals surface area contributed by atoms with Gasteiger partial charge in [-0.2, -0.15) is 0 Å². The Hall–Kier alpha value is -0.610. The molecule has 0 aliphatic carbocycles. The second-order valence-electron chi connectivity index (χ2n) is 1.08. The fourth-order valence-corrected chi connectivity index (χ4v) is 0.218. The predicted octanol–water partition coefficient (Wildman–Crippen LogP) is -0.690. The molecule has 0 saturated heterocycles. The van der Waals surface area contributed by atoms with E-state index in [1.165, 1.54) is 0 Å². The highest BCUT2D eigenvalue weighted by atomic mass is 16.7. The van der Waals surface area contributed by atoms with Crippen LogP contribution in [0.4, 0.5) is 0 Å². The van der Waals surface area contributed by atoms with Crippen molar-refractivity contribution in [3.8, 4) is 0 Å². The first-order valence-electron chi connectivity index (χ1n) is 2.21. The summed E-state index contributed by atoms with van der Waals surface area (Å²) in [4.78, 5) is 14.0. The Kier molecular flexibility index (Phi) is 5.90. The highest BCUT2D eigenvalue weighted by Crippen LogP contribution is 1.66. The van der Waals surface area contributed by atoms with Gasteiger partial charge >= 0.3 is 0 Å². The van der Waals surface area contributed by atoms with E-state index in [0.717, 1.165) is 0 Å². The number of methoxy groups -OCH3 is 1. The lowest BCUT2D eigenvalue weighted by atomic mass is 10.8. The van der Waals surface area contributed by atoms with E-state index in [0.29, 0.717) is 19.6 Å². The summed E-state index contributed by atoms with van der Waals surface area (Å²) in [6, 6.07) is 0. The number of amides is 1. The van der Waals surface area contributed by atoms with Crippen LogP contribution in [0.15, 0.2) is 0 Å². The van der Waals surface area contributed by atoms with Gasteiger partial charge in [-0.15, -0.1) is 0 Å². The molecule has 0 radical (unpaired) electrons. The molecule has 0 unspecified atom stereocenters. The maximum atomic E-state index is 9.49. The van der Waals surface area contributed by atoms with Crippen molar-refractivity contribution in [3.63, 3.8) is 0 Å². The molecule has 48 valence electrons. The normalized spacial score (nSPS) is 8.62. The summed E-state index contributed by atoms with van der Waals surface area (Å²) in [5.41, 5.74) is 2.02. The van der Waals surface area contributed by atoms with E-state index in [-0.39, 0.29) is 0 Å². The molecule has 0 heterocycles. The molecule has 0 aliphatic rings. The smallest absolute Gasteiger partial charge is 0.230 e. The summed E-state index contributed by atoms with van der Waals surface area (Å²) < 4.78 is 4.61. The van der Waals surface area contributed by atoms with Crippen LogP contribution in [0.1, 0.15) is 0 Å². The Morgan fingerprint density at radius 3 is 2.88 bits per heavy atom. The summed E-state index contributed by atoms with van der Waals surface area (Å²) >= 11 is 0. The molecule has 0 aromatic heterocycles. The first-order chi connectivity index (χ1) is 3.91. The molecule has 1 N–H and O–H groups in total. The summed E-state index contributed by atoms with van der Waals surface area (Å²) in [6.07, 6.45) is 0.468. The van der Waals surface area contributed by atoms with E-state index in [2.05, 4.69) is 9.57 Å². The van der Waals surface area contributed by atoms with Crippen LogP contribution in [-0.4, -0.2) is 26.7 Å². The molecule has 8 heavy (non-hydrogen) atoms. The minimum absolute atomic E-state index is 0.384. The number of hydrogen-bond acceptors (Lipinski definition) is 3. The molecule has 0 fully saturated rings. The Morgan fingerprint density at radius 2 is 2.38 bits per heavy atom. The molecule has 0 saturated carbocycles. The van der Waals surface area contributed by atoms with Crippen molar-refractivity contribution in [2.75, 3.05) is 20.3 Å². The van der Waals surface area contributed by atoms with Gasteiger partial charge in [-0.1, -0.05) is 0 Å². The molecule has 0 aromatic carbocycles. The van der Waals surface area contributed by atoms with E-state index in [1.807, 2.05) is 5.48 Å². The second kappa shape index (κ2) is 6.39. The van der Waals surface area contributed by atoms with Gasteiger partial charge in [-0.25, -0.2) is 5.48 Å². The van der Waals surface area contributed by atoms with Crippen LogP contribution in [-0.2, 0) is 14.4 Å². The lowest BCUT2D eigenvalue weighted by Crippen LogP contribution is -2.14. The zero-order valence-electron chi connectivity index (χ0n) is 4.72. The average Bonchev–Trinajstić information content (AvgIpc) is 1.81. The van der Waals surface area contributed by atoms with Gasteiger partial charge in [0.2, 0.25) is 6.41 Å². The van der Waals surface area contributed by atoms with Gasteiger partial charge in [-0.05, 0) is 0 Å². The molecular formula is C4H9NO3. The topological polar surface area (TPSA) is 47.6 Å². The number of hydroxylamine groups is 1. The molecule has 0 bridgehead atoms. The molecule has 4 nitrogen and oxygen atoms in total. The molecule has 0 aliphatic heterocycles. The highest BCUT2D eigenvalue weighted by molar-refractivity contribution is 5.43. The van der Waals surface area contributed by atoms with Crippen LogP contribution in [0.25, 0.3) is 0 Å². The number of nitrogens with one attached hydrogen (secondary N) is 1.